The number of rotatable bonds is 6. The van der Waals surface area contributed by atoms with Crippen molar-refractivity contribution < 1.29 is 19.4 Å². The van der Waals surface area contributed by atoms with Gasteiger partial charge in [-0.2, -0.15) is 0 Å². The van der Waals surface area contributed by atoms with Gasteiger partial charge in [0.25, 0.3) is 0 Å². The molecule has 0 bridgehead atoms. The number of carboxylic acid groups (broad SMARTS) is 1. The van der Waals surface area contributed by atoms with Crippen LogP contribution >= 0.6 is 15.9 Å². The molecule has 1 aromatic rings. The van der Waals surface area contributed by atoms with Crippen molar-refractivity contribution in [3.8, 4) is 5.75 Å². The van der Waals surface area contributed by atoms with E-state index in [1.165, 1.54) is 6.92 Å². The monoisotopic (exact) mass is 288 g/mol. The van der Waals surface area contributed by atoms with Crippen LogP contribution in [0.1, 0.15) is 6.92 Å². The van der Waals surface area contributed by atoms with Gasteiger partial charge in [0.15, 0.2) is 6.10 Å². The predicted octanol–water partition coefficient (Wildman–Crippen LogP) is 2.32. The molecule has 4 nitrogen and oxygen atoms in total. The minimum absolute atomic E-state index is 0.254. The molecule has 0 heterocycles. The Kier molecular flexibility index (Phi) is 5.28. The summed E-state index contributed by atoms with van der Waals surface area (Å²) in [4.78, 5) is 10.4. The summed E-state index contributed by atoms with van der Waals surface area (Å²) in [5.41, 5.74) is 0. The van der Waals surface area contributed by atoms with E-state index in [-0.39, 0.29) is 6.61 Å². The summed E-state index contributed by atoms with van der Waals surface area (Å²) in [5.74, 6) is -0.238. The van der Waals surface area contributed by atoms with Gasteiger partial charge in [0.1, 0.15) is 12.4 Å². The summed E-state index contributed by atoms with van der Waals surface area (Å²) in [6.07, 6.45) is -0.798. The van der Waals surface area contributed by atoms with E-state index in [1.54, 1.807) is 0 Å². The molecule has 0 radical (unpaired) electrons. The molecule has 0 amide bonds. The van der Waals surface area contributed by atoms with Crippen molar-refractivity contribution in [3.63, 3.8) is 0 Å². The number of hydrogen-bond donors (Lipinski definition) is 1. The molecular weight excluding hydrogens is 276 g/mol. The normalized spacial score (nSPS) is 12.1. The number of carboxylic acids is 1. The first-order valence-corrected chi connectivity index (χ1v) is 5.61. The van der Waals surface area contributed by atoms with Gasteiger partial charge in [-0.3, -0.25) is 0 Å². The summed E-state index contributed by atoms with van der Waals surface area (Å²) in [7, 11) is 0. The smallest absolute Gasteiger partial charge is 0.332 e. The highest BCUT2D eigenvalue weighted by molar-refractivity contribution is 9.10. The molecule has 1 N–H and O–H groups in total. The fraction of sp³-hybridized carbons (Fsp3) is 0.364. The van der Waals surface area contributed by atoms with Gasteiger partial charge < -0.3 is 14.6 Å². The van der Waals surface area contributed by atoms with Crippen molar-refractivity contribution in [1.82, 2.24) is 0 Å². The van der Waals surface area contributed by atoms with Gasteiger partial charge in [0.05, 0.1) is 6.61 Å². The Hall–Kier alpha value is -1.07. The van der Waals surface area contributed by atoms with Gasteiger partial charge in [-0.1, -0.05) is 15.9 Å². The van der Waals surface area contributed by atoms with Crippen LogP contribution in [0.4, 0.5) is 0 Å². The summed E-state index contributed by atoms with van der Waals surface area (Å²) >= 11 is 3.32. The van der Waals surface area contributed by atoms with Crippen molar-refractivity contribution >= 4 is 21.9 Å². The van der Waals surface area contributed by atoms with Crippen LogP contribution in [0.25, 0.3) is 0 Å². The molecule has 0 spiro atoms. The largest absolute Gasteiger partial charge is 0.491 e. The first-order chi connectivity index (χ1) is 7.59. The number of carbonyl (C=O) groups is 1. The highest BCUT2D eigenvalue weighted by Gasteiger charge is 2.09. The van der Waals surface area contributed by atoms with E-state index in [0.29, 0.717) is 6.61 Å². The number of benzene rings is 1. The van der Waals surface area contributed by atoms with E-state index in [4.69, 9.17) is 14.6 Å². The second-order valence-corrected chi connectivity index (χ2v) is 4.07. The van der Waals surface area contributed by atoms with Gasteiger partial charge in [-0.15, -0.1) is 0 Å². The van der Waals surface area contributed by atoms with Gasteiger partial charge in [-0.25, -0.2) is 4.79 Å². The Morgan fingerprint density at radius 2 is 2.00 bits per heavy atom. The molecular formula is C11H13BrO4. The standard InChI is InChI=1S/C11H13BrO4/c1-8(11(13)14)15-6-7-16-10-4-2-9(12)3-5-10/h2-5,8H,6-7H2,1H3,(H,13,14)/t8-/m1/s1. The van der Waals surface area contributed by atoms with E-state index >= 15 is 0 Å². The fourth-order valence-electron chi connectivity index (χ4n) is 0.987. The average molecular weight is 289 g/mol. The molecule has 0 aliphatic carbocycles. The number of halogens is 1. The summed E-state index contributed by atoms with van der Waals surface area (Å²) < 4.78 is 11.3. The molecule has 0 aliphatic heterocycles. The summed E-state index contributed by atoms with van der Waals surface area (Å²) in [6, 6.07) is 7.39. The summed E-state index contributed by atoms with van der Waals surface area (Å²) in [5, 5.41) is 8.56. The molecule has 0 saturated carbocycles. The minimum atomic E-state index is -0.969. The lowest BCUT2D eigenvalue weighted by atomic mass is 10.3. The lowest BCUT2D eigenvalue weighted by Crippen LogP contribution is -2.22. The third kappa shape index (κ3) is 4.63. The highest BCUT2D eigenvalue weighted by Crippen LogP contribution is 2.15. The molecule has 0 saturated heterocycles. The van der Waals surface area contributed by atoms with E-state index < -0.39 is 12.1 Å². The number of aliphatic carboxylic acids is 1. The Bertz CT molecular complexity index is 336. The lowest BCUT2D eigenvalue weighted by molar-refractivity contribution is -0.149. The second kappa shape index (κ2) is 6.50. The van der Waals surface area contributed by atoms with Crippen molar-refractivity contribution in [2.75, 3.05) is 13.2 Å². The van der Waals surface area contributed by atoms with Crippen LogP contribution in [0, 0.1) is 0 Å². The quantitative estimate of drug-likeness (QED) is 0.816. The van der Waals surface area contributed by atoms with Gasteiger partial charge >= 0.3 is 5.97 Å². The van der Waals surface area contributed by atoms with Crippen LogP contribution in [0.5, 0.6) is 5.75 Å². The average Bonchev–Trinajstić information content (AvgIpc) is 2.26. The van der Waals surface area contributed by atoms with Crippen molar-refractivity contribution in [2.24, 2.45) is 0 Å². The van der Waals surface area contributed by atoms with E-state index in [0.717, 1.165) is 10.2 Å². The third-order valence-corrected chi connectivity index (χ3v) is 2.41. The van der Waals surface area contributed by atoms with Crippen LogP contribution in [0.3, 0.4) is 0 Å². The Labute approximate surface area is 102 Å². The van der Waals surface area contributed by atoms with Gasteiger partial charge in [-0.05, 0) is 31.2 Å². The first kappa shape index (κ1) is 13.0. The molecule has 1 aromatic carbocycles. The van der Waals surface area contributed by atoms with Crippen molar-refractivity contribution in [1.29, 1.82) is 0 Å². The molecule has 5 heteroatoms. The molecule has 1 atom stereocenters. The van der Waals surface area contributed by atoms with Gasteiger partial charge in [0.2, 0.25) is 0 Å². The molecule has 0 aliphatic rings. The first-order valence-electron chi connectivity index (χ1n) is 4.82. The van der Waals surface area contributed by atoms with E-state index in [1.807, 2.05) is 24.3 Å². The molecule has 0 unspecified atom stereocenters. The lowest BCUT2D eigenvalue weighted by Gasteiger charge is -2.09. The molecule has 16 heavy (non-hydrogen) atoms. The maximum absolute atomic E-state index is 10.4. The van der Waals surface area contributed by atoms with Crippen molar-refractivity contribution in [2.45, 2.75) is 13.0 Å². The Morgan fingerprint density at radius 3 is 2.56 bits per heavy atom. The zero-order valence-corrected chi connectivity index (χ0v) is 10.4. The molecule has 1 rings (SSSR count). The third-order valence-electron chi connectivity index (χ3n) is 1.88. The van der Waals surface area contributed by atoms with E-state index in [9.17, 15) is 4.79 Å². The molecule has 0 aromatic heterocycles. The minimum Gasteiger partial charge on any atom is -0.491 e. The zero-order chi connectivity index (χ0) is 12.0. The maximum atomic E-state index is 10.4. The highest BCUT2D eigenvalue weighted by atomic mass is 79.9. The van der Waals surface area contributed by atoms with Crippen LogP contribution in [0.15, 0.2) is 28.7 Å². The Balaban J connectivity index is 2.21. The SMILES string of the molecule is C[C@@H](OCCOc1ccc(Br)cc1)C(=O)O. The van der Waals surface area contributed by atoms with Crippen LogP contribution in [0.2, 0.25) is 0 Å². The van der Waals surface area contributed by atoms with E-state index in [2.05, 4.69) is 15.9 Å². The van der Waals surface area contributed by atoms with Gasteiger partial charge in [0, 0.05) is 4.47 Å². The van der Waals surface area contributed by atoms with Crippen LogP contribution in [-0.2, 0) is 9.53 Å². The summed E-state index contributed by atoms with van der Waals surface area (Å²) in [6.45, 7) is 2.07. The van der Waals surface area contributed by atoms with Crippen LogP contribution < -0.4 is 4.74 Å². The second-order valence-electron chi connectivity index (χ2n) is 3.15. The maximum Gasteiger partial charge on any atom is 0.332 e. The molecule has 88 valence electrons. The fourth-order valence-corrected chi connectivity index (χ4v) is 1.25. The zero-order valence-electron chi connectivity index (χ0n) is 8.85. The Morgan fingerprint density at radius 1 is 1.38 bits per heavy atom. The topological polar surface area (TPSA) is 55.8 Å². The molecule has 0 fully saturated rings. The number of ether oxygens (including phenoxy) is 2. The number of hydrogen-bond acceptors (Lipinski definition) is 3. The van der Waals surface area contributed by atoms with Crippen LogP contribution in [-0.4, -0.2) is 30.4 Å². The van der Waals surface area contributed by atoms with Crippen molar-refractivity contribution in [3.05, 3.63) is 28.7 Å². The predicted molar refractivity (Wildman–Crippen MR) is 62.7 cm³/mol.